The number of piperazine rings is 1. The summed E-state index contributed by atoms with van der Waals surface area (Å²) in [7, 11) is 0. The number of carboxylic acid groups (broad SMARTS) is 1. The number of benzene rings is 2. The first kappa shape index (κ1) is 40.3. The van der Waals surface area contributed by atoms with Crippen LogP contribution in [-0.2, 0) is 37.3 Å². The van der Waals surface area contributed by atoms with Crippen LogP contribution in [0.1, 0.15) is 82.5 Å². The third kappa shape index (κ3) is 9.13. The van der Waals surface area contributed by atoms with Gasteiger partial charge in [0.2, 0.25) is 0 Å². The summed E-state index contributed by atoms with van der Waals surface area (Å²) in [5.41, 5.74) is 9.18. The lowest BCUT2D eigenvalue weighted by atomic mass is 9.96. The monoisotopic (exact) mass is 787 g/mol. The van der Waals surface area contributed by atoms with Crippen molar-refractivity contribution >= 4 is 34.6 Å². The summed E-state index contributed by atoms with van der Waals surface area (Å²) in [6, 6.07) is 19.6. The Morgan fingerprint density at radius 3 is 2.34 bits per heavy atom. The van der Waals surface area contributed by atoms with Gasteiger partial charge in [-0.3, -0.25) is 14.5 Å². The van der Waals surface area contributed by atoms with Gasteiger partial charge in [0.1, 0.15) is 11.4 Å². The Labute approximate surface area is 339 Å². The van der Waals surface area contributed by atoms with E-state index < -0.39 is 6.09 Å². The highest BCUT2D eigenvalue weighted by atomic mass is 16.5. The number of carbonyl (C=O) groups is 3. The largest absolute Gasteiger partial charge is 0.465 e. The van der Waals surface area contributed by atoms with E-state index in [-0.39, 0.29) is 48.4 Å². The molecule has 3 amide bonds. The molecule has 0 radical (unpaired) electrons. The summed E-state index contributed by atoms with van der Waals surface area (Å²) in [5.74, 6) is -0.768. The summed E-state index contributed by atoms with van der Waals surface area (Å²) >= 11 is 0. The van der Waals surface area contributed by atoms with E-state index in [4.69, 9.17) is 9.72 Å². The smallest absolute Gasteiger partial charge is 0.407 e. The Balaban J connectivity index is 1.00. The first-order valence-electron chi connectivity index (χ1n) is 20.3. The number of amides is 3. The molecule has 3 aromatic heterocycles. The number of anilines is 1. The van der Waals surface area contributed by atoms with Crippen molar-refractivity contribution in [3.05, 3.63) is 106 Å². The molecule has 0 spiro atoms. The summed E-state index contributed by atoms with van der Waals surface area (Å²) in [4.78, 5) is 51.7. The molecule has 7 rings (SSSR count). The number of carbonyl (C=O) groups excluding carboxylic acids is 2. The van der Waals surface area contributed by atoms with Gasteiger partial charge < -0.3 is 30.7 Å². The number of hydrogen-bond donors (Lipinski definition) is 4. The maximum atomic E-state index is 13.6. The van der Waals surface area contributed by atoms with Crippen molar-refractivity contribution in [1.29, 1.82) is 0 Å². The van der Waals surface area contributed by atoms with E-state index in [1.54, 1.807) is 18.2 Å². The summed E-state index contributed by atoms with van der Waals surface area (Å²) in [5, 5.41) is 24.7. The molecule has 2 aliphatic rings. The number of aryl methyl sites for hydroxylation is 3. The number of pyridine rings is 2. The molecule has 5 aromatic rings. The van der Waals surface area contributed by atoms with Crippen LogP contribution < -0.4 is 16.0 Å². The zero-order valence-corrected chi connectivity index (χ0v) is 33.8. The third-order valence-electron chi connectivity index (χ3n) is 11.2. The van der Waals surface area contributed by atoms with Gasteiger partial charge in [-0.15, -0.1) is 0 Å². The summed E-state index contributed by atoms with van der Waals surface area (Å²) in [6.45, 7) is 13.3. The maximum Gasteiger partial charge on any atom is 0.407 e. The highest BCUT2D eigenvalue weighted by molar-refractivity contribution is 5.97. The Bertz CT molecular complexity index is 2290. The minimum atomic E-state index is -0.869. The molecule has 2 aliphatic heterocycles. The molecule has 0 unspecified atom stereocenters. The second-order valence-corrected chi connectivity index (χ2v) is 15.2. The number of nitrogens with one attached hydrogen (secondary N) is 3. The molecule has 0 saturated carbocycles. The van der Waals surface area contributed by atoms with Crippen LogP contribution in [0.15, 0.2) is 66.9 Å². The van der Waals surface area contributed by atoms with Crippen LogP contribution in [-0.4, -0.2) is 97.5 Å². The summed E-state index contributed by atoms with van der Waals surface area (Å²) in [6.07, 6.45) is 3.42. The molecule has 2 saturated heterocycles. The van der Waals surface area contributed by atoms with Crippen LogP contribution in [0.25, 0.3) is 22.2 Å². The van der Waals surface area contributed by atoms with Gasteiger partial charge in [0, 0.05) is 82.4 Å². The van der Waals surface area contributed by atoms with Gasteiger partial charge in [-0.05, 0) is 92.1 Å². The van der Waals surface area contributed by atoms with Crippen LogP contribution in [0.4, 0.5) is 10.5 Å². The number of fused-ring (bicyclic) bond motifs is 1. The predicted molar refractivity (Wildman–Crippen MR) is 223 cm³/mol. The van der Waals surface area contributed by atoms with Crippen molar-refractivity contribution in [2.45, 2.75) is 85.2 Å². The SMILES string of the molecule is CCc1nc2c(cnn2CC)c(NC2CCOCC2)c1CNC(=O)c1cccc(C(=O)NCc2ccc(C)c(-c3cccc(CN4CCN(C(=O)O)[C@@H](C)C4)c3)c2)n1. The molecule has 2 fully saturated rings. The van der Waals surface area contributed by atoms with E-state index in [0.29, 0.717) is 45.8 Å². The van der Waals surface area contributed by atoms with Gasteiger partial charge in [0.15, 0.2) is 5.65 Å². The highest BCUT2D eigenvalue weighted by Crippen LogP contribution is 2.32. The van der Waals surface area contributed by atoms with Crippen molar-refractivity contribution in [2.24, 2.45) is 0 Å². The fourth-order valence-corrected chi connectivity index (χ4v) is 7.97. The van der Waals surface area contributed by atoms with Gasteiger partial charge >= 0.3 is 6.09 Å². The third-order valence-corrected chi connectivity index (χ3v) is 11.2. The van der Waals surface area contributed by atoms with E-state index in [1.807, 2.05) is 36.9 Å². The lowest BCUT2D eigenvalue weighted by Crippen LogP contribution is -2.53. The number of aromatic nitrogens is 4. The van der Waals surface area contributed by atoms with Crippen LogP contribution in [0.3, 0.4) is 0 Å². The normalized spacial score (nSPS) is 16.3. The fourth-order valence-electron chi connectivity index (χ4n) is 7.97. The minimum absolute atomic E-state index is 0.0622. The Morgan fingerprint density at radius 1 is 0.897 bits per heavy atom. The first-order chi connectivity index (χ1) is 28.1. The van der Waals surface area contributed by atoms with Crippen molar-refractivity contribution in [3.8, 4) is 11.1 Å². The zero-order chi connectivity index (χ0) is 40.8. The number of ether oxygens (including phenoxy) is 1. The van der Waals surface area contributed by atoms with Crippen molar-refractivity contribution in [3.63, 3.8) is 0 Å². The molecule has 5 heterocycles. The predicted octanol–water partition coefficient (Wildman–Crippen LogP) is 6.02. The average molecular weight is 788 g/mol. The quantitative estimate of drug-likeness (QED) is 0.111. The van der Waals surface area contributed by atoms with Crippen LogP contribution >= 0.6 is 0 Å². The molecule has 304 valence electrons. The van der Waals surface area contributed by atoms with Crippen LogP contribution in [0.5, 0.6) is 0 Å². The molecule has 1 atom stereocenters. The average Bonchev–Trinajstić information content (AvgIpc) is 3.66. The van der Waals surface area contributed by atoms with Crippen molar-refractivity contribution < 1.29 is 24.2 Å². The summed E-state index contributed by atoms with van der Waals surface area (Å²) < 4.78 is 7.49. The van der Waals surface area contributed by atoms with Gasteiger partial charge in [-0.25, -0.2) is 19.4 Å². The zero-order valence-electron chi connectivity index (χ0n) is 33.8. The topological polar surface area (TPSA) is 167 Å². The molecule has 0 bridgehead atoms. The Morgan fingerprint density at radius 2 is 1.64 bits per heavy atom. The van der Waals surface area contributed by atoms with Gasteiger partial charge in [0.25, 0.3) is 11.8 Å². The molecular weight excluding hydrogens is 735 g/mol. The molecule has 58 heavy (non-hydrogen) atoms. The number of hydrogen-bond acceptors (Lipinski definition) is 9. The van der Waals surface area contributed by atoms with Crippen LogP contribution in [0, 0.1) is 6.92 Å². The maximum absolute atomic E-state index is 13.6. The molecule has 14 nitrogen and oxygen atoms in total. The number of rotatable bonds is 13. The van der Waals surface area contributed by atoms with E-state index in [2.05, 4.69) is 75.1 Å². The Hall–Kier alpha value is -5.86. The second-order valence-electron chi connectivity index (χ2n) is 15.2. The molecule has 2 aromatic carbocycles. The van der Waals surface area contributed by atoms with Crippen LogP contribution in [0.2, 0.25) is 0 Å². The number of nitrogens with zero attached hydrogens (tertiary/aromatic N) is 6. The molecule has 4 N–H and O–H groups in total. The minimum Gasteiger partial charge on any atom is -0.465 e. The first-order valence-corrected chi connectivity index (χ1v) is 20.3. The van der Waals surface area contributed by atoms with E-state index >= 15 is 0 Å². The van der Waals surface area contributed by atoms with Crippen molar-refractivity contribution in [2.75, 3.05) is 38.2 Å². The lowest BCUT2D eigenvalue weighted by molar-refractivity contribution is 0.0711. The van der Waals surface area contributed by atoms with Crippen molar-refractivity contribution in [1.82, 2.24) is 40.2 Å². The molecular formula is C44H53N9O5. The molecule has 14 heteroatoms. The van der Waals surface area contributed by atoms with Gasteiger partial charge in [0.05, 0.1) is 17.3 Å². The van der Waals surface area contributed by atoms with E-state index in [9.17, 15) is 19.5 Å². The lowest BCUT2D eigenvalue weighted by Gasteiger charge is -2.38. The molecule has 0 aliphatic carbocycles. The van der Waals surface area contributed by atoms with Gasteiger partial charge in [-0.1, -0.05) is 43.3 Å². The Kier molecular flexibility index (Phi) is 12.6. The van der Waals surface area contributed by atoms with Gasteiger partial charge in [-0.2, -0.15) is 5.10 Å². The highest BCUT2D eigenvalue weighted by Gasteiger charge is 2.27. The second kappa shape index (κ2) is 18.2. The standard InChI is InChI=1S/C44H53N9O5/c1-5-37-35(40(48-33-15-19-58-20-16-33)36-25-47-53(6-2)41(36)50-37)24-46-43(55)39-12-8-11-38(49-39)42(54)45-23-30-14-13-28(3)34(22-30)32-10-7-9-31(21-32)27-51-17-18-52(44(56)57)29(4)26-51/h7-14,21-22,25,29,33H,5-6,15-20,23-24,26-27H2,1-4H3,(H,45,54)(H,46,55)(H,48,50)(H,56,57)/t29-/m0/s1. The fraction of sp³-hybridized carbons (Fsp3) is 0.409. The van der Waals surface area contributed by atoms with E-state index in [1.165, 1.54) is 4.90 Å². The van der Waals surface area contributed by atoms with E-state index in [0.717, 1.165) is 75.2 Å².